The maximum atomic E-state index is 10.2. The third kappa shape index (κ3) is 4.45. The highest BCUT2D eigenvalue weighted by molar-refractivity contribution is 5.47. The first-order valence-corrected chi connectivity index (χ1v) is 9.22. The highest BCUT2D eigenvalue weighted by Gasteiger charge is 2.44. The molecular formula is C21H27NO6. The van der Waals surface area contributed by atoms with Gasteiger partial charge < -0.3 is 34.8 Å². The van der Waals surface area contributed by atoms with Gasteiger partial charge in [-0.3, -0.25) is 0 Å². The van der Waals surface area contributed by atoms with Gasteiger partial charge in [0, 0.05) is 26.2 Å². The predicted molar refractivity (Wildman–Crippen MR) is 104 cm³/mol. The Bertz CT molecular complexity index is 764. The number of benzene rings is 2. The minimum absolute atomic E-state index is 0.495. The SMILES string of the molecule is CN(C)c1ccc(Cc2ccccc2O[C@H]2O[C@H](CO)[C@@H](O)[C@H](O)[C@H]2O)cc1. The molecule has 0 saturated carbocycles. The van der Waals surface area contributed by atoms with Crippen molar-refractivity contribution in [3.8, 4) is 5.75 Å². The molecule has 28 heavy (non-hydrogen) atoms. The average molecular weight is 389 g/mol. The van der Waals surface area contributed by atoms with Crippen LogP contribution in [-0.2, 0) is 11.2 Å². The van der Waals surface area contributed by atoms with Gasteiger partial charge in [0.25, 0.3) is 0 Å². The Kier molecular flexibility index (Phi) is 6.53. The van der Waals surface area contributed by atoms with Crippen molar-refractivity contribution >= 4 is 5.69 Å². The zero-order chi connectivity index (χ0) is 20.3. The first-order chi connectivity index (χ1) is 13.4. The number of hydrogen-bond acceptors (Lipinski definition) is 7. The number of ether oxygens (including phenoxy) is 2. The monoisotopic (exact) mass is 389 g/mol. The lowest BCUT2D eigenvalue weighted by Gasteiger charge is -2.39. The van der Waals surface area contributed by atoms with E-state index >= 15 is 0 Å². The molecule has 1 heterocycles. The van der Waals surface area contributed by atoms with Gasteiger partial charge in [0.2, 0.25) is 6.29 Å². The van der Waals surface area contributed by atoms with Gasteiger partial charge in [-0.25, -0.2) is 0 Å². The molecule has 0 bridgehead atoms. The Balaban J connectivity index is 1.76. The Morgan fingerprint density at radius 2 is 1.61 bits per heavy atom. The largest absolute Gasteiger partial charge is 0.462 e. The molecule has 1 aliphatic rings. The first-order valence-electron chi connectivity index (χ1n) is 9.22. The summed E-state index contributed by atoms with van der Waals surface area (Å²) in [7, 11) is 3.97. The van der Waals surface area contributed by atoms with Crippen LogP contribution in [0.4, 0.5) is 5.69 Å². The summed E-state index contributed by atoms with van der Waals surface area (Å²) in [6.07, 6.45) is -5.92. The molecule has 0 amide bonds. The zero-order valence-electron chi connectivity index (χ0n) is 16.0. The molecule has 7 heteroatoms. The van der Waals surface area contributed by atoms with Crippen LogP contribution in [0.1, 0.15) is 11.1 Å². The van der Waals surface area contributed by atoms with E-state index in [0.29, 0.717) is 12.2 Å². The molecule has 4 N–H and O–H groups in total. The number of aliphatic hydroxyl groups excluding tert-OH is 4. The average Bonchev–Trinajstić information content (AvgIpc) is 2.70. The van der Waals surface area contributed by atoms with Crippen LogP contribution in [0.3, 0.4) is 0 Å². The molecule has 0 aromatic heterocycles. The lowest BCUT2D eigenvalue weighted by molar-refractivity contribution is -0.277. The van der Waals surface area contributed by atoms with Crippen molar-refractivity contribution in [3.05, 3.63) is 59.7 Å². The summed E-state index contributed by atoms with van der Waals surface area (Å²) in [5.74, 6) is 0.503. The molecule has 5 atom stereocenters. The molecule has 1 aliphatic heterocycles. The van der Waals surface area contributed by atoms with Crippen molar-refractivity contribution in [1.29, 1.82) is 0 Å². The van der Waals surface area contributed by atoms with Crippen molar-refractivity contribution in [2.45, 2.75) is 37.1 Å². The van der Waals surface area contributed by atoms with Gasteiger partial charge in [-0.2, -0.15) is 0 Å². The molecule has 152 valence electrons. The maximum absolute atomic E-state index is 10.2. The minimum Gasteiger partial charge on any atom is -0.462 e. The third-order valence-electron chi connectivity index (χ3n) is 4.91. The smallest absolute Gasteiger partial charge is 0.229 e. The van der Waals surface area contributed by atoms with E-state index in [1.165, 1.54) is 0 Å². The normalized spacial score (nSPS) is 27.4. The molecule has 1 saturated heterocycles. The lowest BCUT2D eigenvalue weighted by atomic mass is 9.99. The summed E-state index contributed by atoms with van der Waals surface area (Å²) < 4.78 is 11.3. The molecule has 2 aromatic carbocycles. The predicted octanol–water partition coefficient (Wildman–Crippen LogP) is 0.522. The molecule has 1 fully saturated rings. The van der Waals surface area contributed by atoms with Crippen LogP contribution in [0, 0.1) is 0 Å². The van der Waals surface area contributed by atoms with E-state index in [1.54, 1.807) is 12.1 Å². The van der Waals surface area contributed by atoms with Crippen LogP contribution >= 0.6 is 0 Å². The second-order valence-electron chi connectivity index (χ2n) is 7.16. The van der Waals surface area contributed by atoms with Gasteiger partial charge in [0.15, 0.2) is 0 Å². The summed E-state index contributed by atoms with van der Waals surface area (Å²) >= 11 is 0. The fourth-order valence-corrected chi connectivity index (χ4v) is 3.19. The second-order valence-corrected chi connectivity index (χ2v) is 7.16. The Morgan fingerprint density at radius 1 is 0.929 bits per heavy atom. The Morgan fingerprint density at radius 3 is 2.25 bits per heavy atom. The van der Waals surface area contributed by atoms with Crippen LogP contribution in [0.2, 0.25) is 0 Å². The number of para-hydroxylation sites is 1. The minimum atomic E-state index is -1.47. The highest BCUT2D eigenvalue weighted by atomic mass is 16.7. The zero-order valence-corrected chi connectivity index (χ0v) is 16.0. The first kappa shape index (κ1) is 20.6. The second kappa shape index (κ2) is 8.89. The molecule has 0 radical (unpaired) electrons. The van der Waals surface area contributed by atoms with E-state index in [9.17, 15) is 20.4 Å². The molecule has 7 nitrogen and oxygen atoms in total. The van der Waals surface area contributed by atoms with Crippen LogP contribution in [0.15, 0.2) is 48.5 Å². The number of hydrogen-bond donors (Lipinski definition) is 4. The summed E-state index contributed by atoms with van der Waals surface area (Å²) in [4.78, 5) is 2.03. The van der Waals surface area contributed by atoms with Gasteiger partial charge in [-0.15, -0.1) is 0 Å². The molecule has 0 unspecified atom stereocenters. The summed E-state index contributed by atoms with van der Waals surface area (Å²) in [5, 5.41) is 39.4. The molecule has 0 spiro atoms. The van der Waals surface area contributed by atoms with Crippen LogP contribution < -0.4 is 9.64 Å². The number of anilines is 1. The van der Waals surface area contributed by atoms with E-state index < -0.39 is 37.3 Å². The van der Waals surface area contributed by atoms with Crippen LogP contribution in [0.5, 0.6) is 5.75 Å². The van der Waals surface area contributed by atoms with Gasteiger partial charge in [-0.1, -0.05) is 30.3 Å². The fraction of sp³-hybridized carbons (Fsp3) is 0.429. The van der Waals surface area contributed by atoms with E-state index in [2.05, 4.69) is 0 Å². The van der Waals surface area contributed by atoms with Crippen molar-refractivity contribution in [3.63, 3.8) is 0 Å². The van der Waals surface area contributed by atoms with Gasteiger partial charge in [0.1, 0.15) is 30.2 Å². The molecule has 0 aliphatic carbocycles. The van der Waals surface area contributed by atoms with E-state index in [0.717, 1.165) is 16.8 Å². The van der Waals surface area contributed by atoms with E-state index in [4.69, 9.17) is 9.47 Å². The molecule has 2 aromatic rings. The molecular weight excluding hydrogens is 362 g/mol. The van der Waals surface area contributed by atoms with Gasteiger partial charge in [-0.05, 0) is 29.3 Å². The lowest BCUT2D eigenvalue weighted by Crippen LogP contribution is -2.60. The van der Waals surface area contributed by atoms with Crippen LogP contribution in [0.25, 0.3) is 0 Å². The van der Waals surface area contributed by atoms with Gasteiger partial charge >= 0.3 is 0 Å². The van der Waals surface area contributed by atoms with Crippen molar-refractivity contribution in [2.75, 3.05) is 25.6 Å². The number of rotatable bonds is 6. The standard InChI is InChI=1S/C21H27NO6/c1-22(2)15-9-7-13(8-10-15)11-14-5-3-4-6-16(14)27-21-20(26)19(25)18(24)17(12-23)28-21/h3-10,17-21,23-26H,11-12H2,1-2H3/t17-,18-,19+,20-,21+/m1/s1. The van der Waals surface area contributed by atoms with Crippen molar-refractivity contribution < 1.29 is 29.9 Å². The fourth-order valence-electron chi connectivity index (χ4n) is 3.19. The maximum Gasteiger partial charge on any atom is 0.229 e. The van der Waals surface area contributed by atoms with Crippen molar-refractivity contribution in [1.82, 2.24) is 0 Å². The summed E-state index contributed by atoms with van der Waals surface area (Å²) in [6.45, 7) is -0.495. The van der Waals surface area contributed by atoms with Gasteiger partial charge in [0.05, 0.1) is 6.61 Å². The van der Waals surface area contributed by atoms with Crippen molar-refractivity contribution in [2.24, 2.45) is 0 Å². The number of aliphatic hydroxyl groups is 4. The third-order valence-corrected chi connectivity index (χ3v) is 4.91. The Labute approximate surface area is 164 Å². The topological polar surface area (TPSA) is 103 Å². The summed E-state index contributed by atoms with van der Waals surface area (Å²) in [6, 6.07) is 15.5. The highest BCUT2D eigenvalue weighted by Crippen LogP contribution is 2.28. The number of nitrogens with zero attached hydrogens (tertiary/aromatic N) is 1. The molecule has 3 rings (SSSR count). The van der Waals surface area contributed by atoms with E-state index in [1.807, 2.05) is 55.4 Å². The van der Waals surface area contributed by atoms with Crippen LogP contribution in [-0.4, -0.2) is 71.8 Å². The van der Waals surface area contributed by atoms with E-state index in [-0.39, 0.29) is 0 Å². The quantitative estimate of drug-likeness (QED) is 0.571. The summed E-state index contributed by atoms with van der Waals surface area (Å²) in [5.41, 5.74) is 3.09. The Hall–Kier alpha value is -2.16.